The summed E-state index contributed by atoms with van der Waals surface area (Å²) in [6, 6.07) is 2.47. The molecule has 2 aromatic rings. The number of anilines is 1. The van der Waals surface area contributed by atoms with Crippen LogP contribution in [0.3, 0.4) is 0 Å². The zero-order chi connectivity index (χ0) is 15.1. The molecule has 0 aliphatic carbocycles. The number of nitrogens with zero attached hydrogens (tertiary/aromatic N) is 4. The van der Waals surface area contributed by atoms with Crippen molar-refractivity contribution >= 4 is 5.69 Å². The van der Waals surface area contributed by atoms with E-state index < -0.39 is 17.5 Å². The normalized spacial score (nSPS) is 22.8. The summed E-state index contributed by atoms with van der Waals surface area (Å²) in [7, 11) is 0. The maximum atomic E-state index is 12.7. The lowest BCUT2D eigenvalue weighted by molar-refractivity contribution is -0.141. The van der Waals surface area contributed by atoms with Gasteiger partial charge in [-0.15, -0.1) is 0 Å². The lowest BCUT2D eigenvalue weighted by atomic mass is 10.00. The van der Waals surface area contributed by atoms with Gasteiger partial charge in [0.2, 0.25) is 0 Å². The Bertz CT molecular complexity index is 630. The minimum Gasteiger partial charge on any atom is -0.381 e. The number of halogens is 3. The Hall–Kier alpha value is -2.16. The molecule has 1 saturated heterocycles. The Labute approximate surface area is 117 Å². The molecule has 3 rings (SSSR count). The van der Waals surface area contributed by atoms with E-state index in [1.54, 1.807) is 4.90 Å². The molecular weight excluding hydrogens is 287 g/mol. The van der Waals surface area contributed by atoms with Gasteiger partial charge < -0.3 is 10.0 Å². The van der Waals surface area contributed by atoms with Gasteiger partial charge in [0.1, 0.15) is 17.0 Å². The summed E-state index contributed by atoms with van der Waals surface area (Å²) in [4.78, 5) is 5.00. The van der Waals surface area contributed by atoms with Gasteiger partial charge in [0, 0.05) is 24.8 Å². The average Bonchev–Trinajstić information content (AvgIpc) is 3.08. The molecule has 0 saturated carbocycles. The number of H-pyrrole nitrogens is 1. The topological polar surface area (TPSA) is 77.9 Å². The minimum atomic E-state index is -4.49. The number of aromatic amines is 1. The number of hydrogen-bond acceptors (Lipinski definition) is 5. The maximum absolute atomic E-state index is 12.7. The van der Waals surface area contributed by atoms with Crippen molar-refractivity contribution in [2.24, 2.45) is 0 Å². The van der Waals surface area contributed by atoms with Crippen molar-refractivity contribution in [3.8, 4) is 0 Å². The molecule has 1 atom stereocenters. The highest BCUT2D eigenvalue weighted by atomic mass is 19.4. The fourth-order valence-electron chi connectivity index (χ4n) is 2.42. The maximum Gasteiger partial charge on any atom is 0.433 e. The number of β-amino-alcohol motifs (C(OH)–C–C–N with tert-alkyl or cyclic N) is 1. The largest absolute Gasteiger partial charge is 0.433 e. The van der Waals surface area contributed by atoms with E-state index in [2.05, 4.69) is 20.4 Å². The molecule has 1 fully saturated rings. The standard InChI is InChI=1S/C12H12F3N5O/c13-12(14,15)9-5-8(1-3-16-9)20-4-2-11(21,7-20)10-6-17-19-18-10/h1,3,5-6,21H,2,4,7H2,(H,17,18,19)/t11-/m1/s1. The molecule has 1 aliphatic rings. The van der Waals surface area contributed by atoms with Crippen molar-refractivity contribution in [2.45, 2.75) is 18.2 Å². The molecular formula is C12H12F3N5O. The van der Waals surface area contributed by atoms with Gasteiger partial charge in [0.25, 0.3) is 0 Å². The van der Waals surface area contributed by atoms with Crippen LogP contribution in [0.4, 0.5) is 18.9 Å². The zero-order valence-electron chi connectivity index (χ0n) is 10.8. The van der Waals surface area contributed by atoms with E-state index >= 15 is 0 Å². The van der Waals surface area contributed by atoms with Gasteiger partial charge in [-0.05, 0) is 12.1 Å². The van der Waals surface area contributed by atoms with Crippen LogP contribution in [0.1, 0.15) is 17.8 Å². The summed E-state index contributed by atoms with van der Waals surface area (Å²) >= 11 is 0. The number of alkyl halides is 3. The van der Waals surface area contributed by atoms with Gasteiger partial charge >= 0.3 is 6.18 Å². The van der Waals surface area contributed by atoms with Crippen LogP contribution in [-0.2, 0) is 11.8 Å². The van der Waals surface area contributed by atoms with E-state index in [1.807, 2.05) is 0 Å². The molecule has 2 aromatic heterocycles. The molecule has 0 radical (unpaired) electrons. The Morgan fingerprint density at radius 3 is 2.86 bits per heavy atom. The van der Waals surface area contributed by atoms with E-state index in [1.165, 1.54) is 12.3 Å². The highest BCUT2D eigenvalue weighted by Crippen LogP contribution is 2.35. The van der Waals surface area contributed by atoms with Gasteiger partial charge in [-0.25, -0.2) is 0 Å². The second-order valence-electron chi connectivity index (χ2n) is 4.96. The van der Waals surface area contributed by atoms with Gasteiger partial charge in [0.15, 0.2) is 0 Å². The van der Waals surface area contributed by atoms with Crippen molar-refractivity contribution in [2.75, 3.05) is 18.0 Å². The first-order valence-electron chi connectivity index (χ1n) is 6.25. The zero-order valence-corrected chi connectivity index (χ0v) is 10.8. The monoisotopic (exact) mass is 299 g/mol. The van der Waals surface area contributed by atoms with Crippen molar-refractivity contribution in [1.29, 1.82) is 0 Å². The Morgan fingerprint density at radius 2 is 2.19 bits per heavy atom. The molecule has 21 heavy (non-hydrogen) atoms. The highest BCUT2D eigenvalue weighted by molar-refractivity contribution is 5.49. The lowest BCUT2D eigenvalue weighted by Gasteiger charge is -2.22. The predicted molar refractivity (Wildman–Crippen MR) is 66.3 cm³/mol. The third kappa shape index (κ3) is 2.56. The first-order chi connectivity index (χ1) is 9.88. The van der Waals surface area contributed by atoms with E-state index in [9.17, 15) is 18.3 Å². The molecule has 0 unspecified atom stereocenters. The number of nitrogens with one attached hydrogen (secondary N) is 1. The SMILES string of the molecule is O[C@]1(c2cn[nH]n2)CCN(c2ccnc(C(F)(F)F)c2)C1. The van der Waals surface area contributed by atoms with Crippen LogP contribution in [0.25, 0.3) is 0 Å². The second-order valence-corrected chi connectivity index (χ2v) is 4.96. The Balaban J connectivity index is 1.84. The molecule has 9 heteroatoms. The van der Waals surface area contributed by atoms with Crippen LogP contribution in [0.5, 0.6) is 0 Å². The van der Waals surface area contributed by atoms with Crippen molar-refractivity contribution in [3.63, 3.8) is 0 Å². The van der Waals surface area contributed by atoms with Crippen LogP contribution >= 0.6 is 0 Å². The number of hydrogen-bond donors (Lipinski definition) is 2. The van der Waals surface area contributed by atoms with Crippen LogP contribution in [0.15, 0.2) is 24.5 Å². The number of rotatable bonds is 2. The van der Waals surface area contributed by atoms with E-state index in [-0.39, 0.29) is 6.54 Å². The molecule has 3 heterocycles. The fourth-order valence-corrected chi connectivity index (χ4v) is 2.42. The van der Waals surface area contributed by atoms with Crippen molar-refractivity contribution < 1.29 is 18.3 Å². The third-order valence-corrected chi connectivity index (χ3v) is 3.54. The summed E-state index contributed by atoms with van der Waals surface area (Å²) in [5.74, 6) is 0. The molecule has 0 amide bonds. The minimum absolute atomic E-state index is 0.154. The molecule has 0 spiro atoms. The summed E-state index contributed by atoms with van der Waals surface area (Å²) < 4.78 is 38.0. The summed E-state index contributed by atoms with van der Waals surface area (Å²) in [6.45, 7) is 0.575. The van der Waals surface area contributed by atoms with E-state index in [0.29, 0.717) is 24.3 Å². The Kier molecular flexibility index (Phi) is 3.08. The first-order valence-corrected chi connectivity index (χ1v) is 6.25. The van der Waals surface area contributed by atoms with Crippen LogP contribution in [0.2, 0.25) is 0 Å². The van der Waals surface area contributed by atoms with Crippen LogP contribution < -0.4 is 4.90 Å². The van der Waals surface area contributed by atoms with Gasteiger partial charge in [0.05, 0.1) is 12.7 Å². The quantitative estimate of drug-likeness (QED) is 0.874. The van der Waals surface area contributed by atoms with Crippen molar-refractivity contribution in [1.82, 2.24) is 20.4 Å². The van der Waals surface area contributed by atoms with Gasteiger partial charge in [-0.3, -0.25) is 4.98 Å². The smallest absolute Gasteiger partial charge is 0.381 e. The summed E-state index contributed by atoms with van der Waals surface area (Å²) in [6.07, 6.45) is -1.59. The second kappa shape index (κ2) is 4.69. The van der Waals surface area contributed by atoms with Gasteiger partial charge in [-0.2, -0.15) is 28.6 Å². The molecule has 2 N–H and O–H groups in total. The summed E-state index contributed by atoms with van der Waals surface area (Å²) in [5, 5.41) is 20.4. The van der Waals surface area contributed by atoms with Crippen LogP contribution in [0, 0.1) is 0 Å². The third-order valence-electron chi connectivity index (χ3n) is 3.54. The molecule has 112 valence electrons. The number of aromatic nitrogens is 4. The van der Waals surface area contributed by atoms with E-state index in [4.69, 9.17) is 0 Å². The lowest BCUT2D eigenvalue weighted by Crippen LogP contribution is -2.31. The molecule has 0 bridgehead atoms. The van der Waals surface area contributed by atoms with E-state index in [0.717, 1.165) is 12.3 Å². The molecule has 1 aliphatic heterocycles. The fraction of sp³-hybridized carbons (Fsp3) is 0.417. The summed E-state index contributed by atoms with van der Waals surface area (Å²) in [5.41, 5.74) is -1.40. The Morgan fingerprint density at radius 1 is 1.38 bits per heavy atom. The van der Waals surface area contributed by atoms with Crippen LogP contribution in [-0.4, -0.2) is 38.6 Å². The molecule has 6 nitrogen and oxygen atoms in total. The van der Waals surface area contributed by atoms with Crippen molar-refractivity contribution in [3.05, 3.63) is 35.9 Å². The first kappa shape index (κ1) is 13.8. The number of pyridine rings is 1. The number of aliphatic hydroxyl groups is 1. The predicted octanol–water partition coefficient (Wildman–Crippen LogP) is 1.32. The van der Waals surface area contributed by atoms with Gasteiger partial charge in [-0.1, -0.05) is 0 Å². The highest BCUT2D eigenvalue weighted by Gasteiger charge is 2.40. The average molecular weight is 299 g/mol. The molecule has 0 aromatic carbocycles.